The molecule has 0 radical (unpaired) electrons. The first-order valence-corrected chi connectivity index (χ1v) is 19.6. The zero-order valence-electron chi connectivity index (χ0n) is 31.4. The van der Waals surface area contributed by atoms with Crippen molar-refractivity contribution < 1.29 is 15.0 Å². The van der Waals surface area contributed by atoms with Gasteiger partial charge in [0, 0.05) is 6.42 Å². The molecular formula is C45H73NO3. The molecule has 2 atom stereocenters. The van der Waals surface area contributed by atoms with Crippen LogP contribution in [-0.4, -0.2) is 34.9 Å². The summed E-state index contributed by atoms with van der Waals surface area (Å²) in [6, 6.07) is -0.655. The Morgan fingerprint density at radius 1 is 0.510 bits per heavy atom. The van der Waals surface area contributed by atoms with Crippen molar-refractivity contribution in [3.8, 4) is 0 Å². The van der Waals surface area contributed by atoms with Crippen molar-refractivity contribution >= 4 is 5.91 Å². The quantitative estimate of drug-likeness (QED) is 0.0479. The number of hydrogen-bond donors (Lipinski definition) is 3. The second kappa shape index (κ2) is 39.5. The summed E-state index contributed by atoms with van der Waals surface area (Å²) in [7, 11) is 0. The van der Waals surface area contributed by atoms with Gasteiger partial charge in [-0.2, -0.15) is 0 Å². The lowest BCUT2D eigenvalue weighted by Crippen LogP contribution is -2.45. The minimum atomic E-state index is -0.876. The molecule has 0 aromatic rings. The highest BCUT2D eigenvalue weighted by atomic mass is 16.3. The van der Waals surface area contributed by atoms with Crippen molar-refractivity contribution in [1.29, 1.82) is 0 Å². The molecule has 2 unspecified atom stereocenters. The highest BCUT2D eigenvalue weighted by Crippen LogP contribution is 2.09. The Morgan fingerprint density at radius 3 is 1.43 bits per heavy atom. The first kappa shape index (κ1) is 46.0. The molecule has 1 amide bonds. The van der Waals surface area contributed by atoms with E-state index in [0.29, 0.717) is 6.42 Å². The fraction of sp³-hybridized carbons (Fsp3) is 0.578. The van der Waals surface area contributed by atoms with Crippen LogP contribution in [0.25, 0.3) is 0 Å². The van der Waals surface area contributed by atoms with Crippen molar-refractivity contribution in [3.63, 3.8) is 0 Å². The van der Waals surface area contributed by atoms with Crippen LogP contribution in [0.15, 0.2) is 109 Å². The van der Waals surface area contributed by atoms with Gasteiger partial charge in [0.15, 0.2) is 0 Å². The molecule has 0 aromatic carbocycles. The molecule has 0 aliphatic carbocycles. The Labute approximate surface area is 302 Å². The van der Waals surface area contributed by atoms with Crippen molar-refractivity contribution in [2.75, 3.05) is 6.61 Å². The summed E-state index contributed by atoms with van der Waals surface area (Å²) in [5.74, 6) is -0.102. The van der Waals surface area contributed by atoms with Crippen molar-refractivity contribution in [1.82, 2.24) is 5.32 Å². The molecule has 4 nitrogen and oxygen atoms in total. The van der Waals surface area contributed by atoms with Gasteiger partial charge in [-0.3, -0.25) is 4.79 Å². The lowest BCUT2D eigenvalue weighted by molar-refractivity contribution is -0.123. The molecule has 0 rings (SSSR count). The smallest absolute Gasteiger partial charge is 0.220 e. The largest absolute Gasteiger partial charge is 0.394 e. The van der Waals surface area contributed by atoms with Gasteiger partial charge in [-0.05, 0) is 89.9 Å². The van der Waals surface area contributed by atoms with Crippen molar-refractivity contribution in [2.45, 2.75) is 161 Å². The van der Waals surface area contributed by atoms with E-state index < -0.39 is 12.1 Å². The SMILES string of the molecule is CC/C=C\C/C=C\C/C=C\C/C=C\C/C=C\C/C=C\C/C=C\CCCCCCCC(=O)NC(CO)C(O)/C=C/CC/C=C/CCCCCC. The van der Waals surface area contributed by atoms with E-state index >= 15 is 0 Å². The van der Waals surface area contributed by atoms with E-state index in [1.165, 1.54) is 38.5 Å². The van der Waals surface area contributed by atoms with E-state index in [1.54, 1.807) is 6.08 Å². The normalized spacial score (nSPS) is 14.3. The molecule has 3 N–H and O–H groups in total. The first-order chi connectivity index (χ1) is 24.2. The molecule has 0 fully saturated rings. The Kier molecular flexibility index (Phi) is 37.1. The van der Waals surface area contributed by atoms with Crippen LogP contribution in [0.1, 0.15) is 149 Å². The van der Waals surface area contributed by atoms with Crippen LogP contribution in [0.2, 0.25) is 0 Å². The number of nitrogens with one attached hydrogen (secondary N) is 1. The maximum Gasteiger partial charge on any atom is 0.220 e. The van der Waals surface area contributed by atoms with Crippen LogP contribution < -0.4 is 5.32 Å². The highest BCUT2D eigenvalue weighted by molar-refractivity contribution is 5.76. The summed E-state index contributed by atoms with van der Waals surface area (Å²) in [4.78, 5) is 12.3. The fourth-order valence-corrected chi connectivity index (χ4v) is 4.99. The van der Waals surface area contributed by atoms with Gasteiger partial charge in [-0.1, -0.05) is 162 Å². The number of carbonyl (C=O) groups is 1. The number of unbranched alkanes of at least 4 members (excludes halogenated alkanes) is 10. The van der Waals surface area contributed by atoms with E-state index in [9.17, 15) is 15.0 Å². The van der Waals surface area contributed by atoms with E-state index in [1.807, 2.05) is 6.08 Å². The molecule has 0 saturated heterocycles. The molecule has 276 valence electrons. The maximum absolute atomic E-state index is 12.3. The number of amides is 1. The van der Waals surface area contributed by atoms with Crippen molar-refractivity contribution in [3.05, 3.63) is 109 Å². The Morgan fingerprint density at radius 2 is 0.918 bits per heavy atom. The van der Waals surface area contributed by atoms with Crippen LogP contribution in [0.4, 0.5) is 0 Å². The Bertz CT molecular complexity index is 995. The monoisotopic (exact) mass is 676 g/mol. The zero-order valence-corrected chi connectivity index (χ0v) is 31.4. The number of carbonyl (C=O) groups excluding carboxylic acids is 1. The van der Waals surface area contributed by atoms with E-state index in [4.69, 9.17) is 0 Å². The average molecular weight is 676 g/mol. The topological polar surface area (TPSA) is 69.6 Å². The lowest BCUT2D eigenvalue weighted by atomic mass is 10.1. The second-order valence-electron chi connectivity index (χ2n) is 12.6. The van der Waals surface area contributed by atoms with Crippen LogP contribution in [-0.2, 0) is 4.79 Å². The summed E-state index contributed by atoms with van der Waals surface area (Å²) in [5, 5.41) is 22.8. The van der Waals surface area contributed by atoms with Gasteiger partial charge in [0.2, 0.25) is 5.91 Å². The molecule has 0 aromatic heterocycles. The van der Waals surface area contributed by atoms with Crippen LogP contribution >= 0.6 is 0 Å². The second-order valence-corrected chi connectivity index (χ2v) is 12.6. The van der Waals surface area contributed by atoms with Gasteiger partial charge in [0.05, 0.1) is 18.8 Å². The third kappa shape index (κ3) is 36.2. The number of rotatable bonds is 33. The van der Waals surface area contributed by atoms with Gasteiger partial charge >= 0.3 is 0 Å². The molecule has 0 spiro atoms. The van der Waals surface area contributed by atoms with Crippen LogP contribution in [0.5, 0.6) is 0 Å². The summed E-state index contributed by atoms with van der Waals surface area (Å²) in [6.45, 7) is 4.11. The van der Waals surface area contributed by atoms with Crippen LogP contribution in [0.3, 0.4) is 0 Å². The average Bonchev–Trinajstić information content (AvgIpc) is 3.10. The first-order valence-electron chi connectivity index (χ1n) is 19.6. The fourth-order valence-electron chi connectivity index (χ4n) is 4.99. The summed E-state index contributed by atoms with van der Waals surface area (Å²) in [5.41, 5.74) is 0. The maximum atomic E-state index is 12.3. The summed E-state index contributed by atoms with van der Waals surface area (Å²) >= 11 is 0. The molecule has 4 heteroatoms. The number of aliphatic hydroxyl groups excluding tert-OH is 2. The predicted molar refractivity (Wildman–Crippen MR) is 216 cm³/mol. The standard InChI is InChI=1S/C45H73NO3/c1-3-5-7-9-11-13-15-16-17-18-19-20-21-22-23-24-25-26-27-28-29-30-31-33-35-37-39-41-45(49)46-43(42-47)44(48)40-38-36-34-32-14-12-10-8-6-4-2/h5,7,11,13-14,16-17,19-20,22-23,25-26,28-29,32,38,40,43-44,47-48H,3-4,6,8-10,12,15,18,21,24,27,30-31,33-37,39,41-42H2,1-2H3,(H,46,49)/b7-5-,13-11-,17-16-,20-19-,23-22-,26-25-,29-28-,32-14+,40-38+. The predicted octanol–water partition coefficient (Wildman–Crippen LogP) is 12.1. The molecule has 0 saturated carbocycles. The lowest BCUT2D eigenvalue weighted by Gasteiger charge is -2.19. The highest BCUT2D eigenvalue weighted by Gasteiger charge is 2.17. The Hall–Kier alpha value is -2.95. The third-order valence-electron chi connectivity index (χ3n) is 7.99. The summed E-state index contributed by atoms with van der Waals surface area (Å²) < 4.78 is 0. The third-order valence-corrected chi connectivity index (χ3v) is 7.99. The molecular weight excluding hydrogens is 602 g/mol. The zero-order chi connectivity index (χ0) is 35.7. The van der Waals surface area contributed by atoms with Crippen molar-refractivity contribution in [2.24, 2.45) is 0 Å². The number of aliphatic hydroxyl groups is 2. The molecule has 0 heterocycles. The minimum Gasteiger partial charge on any atom is -0.394 e. The van der Waals surface area contributed by atoms with Gasteiger partial charge in [0.1, 0.15) is 0 Å². The van der Waals surface area contributed by atoms with Gasteiger partial charge in [-0.15, -0.1) is 0 Å². The van der Waals surface area contributed by atoms with E-state index in [-0.39, 0.29) is 12.5 Å². The van der Waals surface area contributed by atoms with E-state index in [0.717, 1.165) is 89.9 Å². The molecule has 49 heavy (non-hydrogen) atoms. The molecule has 0 aliphatic rings. The van der Waals surface area contributed by atoms with Gasteiger partial charge < -0.3 is 15.5 Å². The number of hydrogen-bond acceptors (Lipinski definition) is 3. The van der Waals surface area contributed by atoms with Gasteiger partial charge in [0.25, 0.3) is 0 Å². The number of allylic oxidation sites excluding steroid dienone is 17. The van der Waals surface area contributed by atoms with Crippen LogP contribution in [0, 0.1) is 0 Å². The van der Waals surface area contributed by atoms with E-state index in [2.05, 4.69) is 116 Å². The van der Waals surface area contributed by atoms with Gasteiger partial charge in [-0.25, -0.2) is 0 Å². The minimum absolute atomic E-state index is 0.102. The molecule has 0 aliphatic heterocycles. The summed E-state index contributed by atoms with van der Waals surface area (Å²) in [6.07, 6.45) is 60.4. The Balaban J connectivity index is 3.74. The molecule has 0 bridgehead atoms.